The maximum Gasteiger partial charge on any atom is 0.442 e. The number of aromatic nitrogens is 2. The van der Waals surface area contributed by atoms with Gasteiger partial charge in [-0.25, -0.2) is 14.4 Å². The van der Waals surface area contributed by atoms with Crippen LogP contribution in [0.3, 0.4) is 0 Å². The van der Waals surface area contributed by atoms with Crippen molar-refractivity contribution in [1.82, 2.24) is 10.2 Å². The molecule has 1 aliphatic heterocycles. The fourth-order valence-electron chi connectivity index (χ4n) is 3.84. The van der Waals surface area contributed by atoms with Gasteiger partial charge in [-0.15, -0.1) is 11.3 Å². The van der Waals surface area contributed by atoms with Gasteiger partial charge in [0.05, 0.1) is 24.5 Å². The van der Waals surface area contributed by atoms with Crippen LogP contribution in [0.2, 0.25) is 0 Å². The molecule has 0 spiro atoms. The number of methoxy groups -OCH3 is 1. The smallest absolute Gasteiger partial charge is 0.442 e. The summed E-state index contributed by atoms with van der Waals surface area (Å²) in [5.74, 6) is -0.986. The Morgan fingerprint density at radius 1 is 1.24 bits per heavy atom. The lowest BCUT2D eigenvalue weighted by Crippen LogP contribution is -2.39. The van der Waals surface area contributed by atoms with Crippen molar-refractivity contribution in [2.45, 2.75) is 56.5 Å². The number of ether oxygens (including phenoxy) is 2. The molecule has 0 radical (unpaired) electrons. The Labute approximate surface area is 227 Å². The van der Waals surface area contributed by atoms with E-state index in [0.717, 1.165) is 22.2 Å². The van der Waals surface area contributed by atoms with Crippen LogP contribution in [0.4, 0.5) is 9.80 Å². The highest BCUT2D eigenvalue weighted by Gasteiger charge is 2.34. The van der Waals surface area contributed by atoms with Gasteiger partial charge in [-0.1, -0.05) is 18.2 Å². The van der Waals surface area contributed by atoms with Crippen molar-refractivity contribution >= 4 is 46.1 Å². The molecule has 13 heteroatoms. The van der Waals surface area contributed by atoms with Gasteiger partial charge >= 0.3 is 22.7 Å². The first-order chi connectivity index (χ1) is 18.0. The zero-order valence-corrected chi connectivity index (χ0v) is 23.3. The standard InChI is InChI=1S/C25H28N4O7S2/c1-14(37-21-23(32)36-27-29(21)15-9-7-6-8-10-15)19(30)26-20-18(22(31)34-5)16-11-12-28(13-17(16)38-20)24(33)35-25(2,3)4/h6-10,14H,11-13H2,1-5H3,(H-,26,27,30,31,32)/p+1. The van der Waals surface area contributed by atoms with Crippen molar-refractivity contribution < 1.29 is 33.1 Å². The molecule has 2 amide bonds. The number of anilines is 1. The second-order valence-corrected chi connectivity index (χ2v) is 12.0. The highest BCUT2D eigenvalue weighted by atomic mass is 32.2. The number of para-hydroxylation sites is 1. The molecule has 1 aliphatic rings. The Kier molecular flexibility index (Phi) is 7.97. The average molecular weight is 562 g/mol. The molecule has 2 N–H and O–H groups in total. The van der Waals surface area contributed by atoms with Gasteiger partial charge in [-0.05, 0) is 61.4 Å². The summed E-state index contributed by atoms with van der Waals surface area (Å²) in [6, 6.07) is 9.06. The van der Waals surface area contributed by atoms with E-state index in [2.05, 4.69) is 10.6 Å². The summed E-state index contributed by atoms with van der Waals surface area (Å²) in [5, 5.41) is 5.20. The van der Waals surface area contributed by atoms with Crippen molar-refractivity contribution in [2.24, 2.45) is 0 Å². The molecule has 2 aromatic heterocycles. The molecule has 0 saturated carbocycles. The molecule has 1 unspecified atom stereocenters. The summed E-state index contributed by atoms with van der Waals surface area (Å²) in [6.07, 6.45) is -0.0271. The predicted octanol–water partition coefficient (Wildman–Crippen LogP) is 3.51. The maximum absolute atomic E-state index is 13.2. The second kappa shape index (κ2) is 11.0. The molecule has 0 aliphatic carbocycles. The third-order valence-electron chi connectivity index (χ3n) is 5.61. The third-order valence-corrected chi connectivity index (χ3v) is 7.89. The van der Waals surface area contributed by atoms with Crippen LogP contribution in [0.5, 0.6) is 0 Å². The van der Waals surface area contributed by atoms with E-state index in [4.69, 9.17) is 14.0 Å². The SMILES string of the molecule is COC(=O)c1c(NC(=O)C(C)Sc2c(=O)o[nH][n+]2-c2ccccc2)sc2c1CCN(C(=O)OC(C)(C)C)C2. The number of carbonyl (C=O) groups is 3. The molecule has 0 fully saturated rings. The van der Waals surface area contributed by atoms with Gasteiger partial charge in [0, 0.05) is 23.6 Å². The Hall–Kier alpha value is -3.58. The number of H-pyrrole nitrogens is 1. The van der Waals surface area contributed by atoms with Crippen LogP contribution in [0.25, 0.3) is 5.69 Å². The predicted molar refractivity (Wildman–Crippen MR) is 141 cm³/mol. The van der Waals surface area contributed by atoms with Crippen LogP contribution >= 0.6 is 23.1 Å². The lowest BCUT2D eigenvalue weighted by atomic mass is 10.0. The number of amides is 2. The normalized spacial score (nSPS) is 14.0. The van der Waals surface area contributed by atoms with Crippen molar-refractivity contribution in [3.63, 3.8) is 0 Å². The van der Waals surface area contributed by atoms with E-state index in [0.29, 0.717) is 23.7 Å². The number of aromatic amines is 1. The summed E-state index contributed by atoms with van der Waals surface area (Å²) in [5.41, 5.74) is 0.448. The summed E-state index contributed by atoms with van der Waals surface area (Å²) in [7, 11) is 1.28. The Morgan fingerprint density at radius 3 is 2.61 bits per heavy atom. The lowest BCUT2D eigenvalue weighted by molar-refractivity contribution is -0.704. The fourth-order valence-corrected chi connectivity index (χ4v) is 5.98. The van der Waals surface area contributed by atoms with E-state index >= 15 is 0 Å². The topological polar surface area (TPSA) is 135 Å². The largest absolute Gasteiger partial charge is 0.465 e. The van der Waals surface area contributed by atoms with E-state index in [1.165, 1.54) is 23.1 Å². The molecule has 0 saturated heterocycles. The summed E-state index contributed by atoms with van der Waals surface area (Å²) < 4.78 is 16.9. The molecular formula is C25H29N4O7S2+. The molecular weight excluding hydrogens is 532 g/mol. The Morgan fingerprint density at radius 2 is 1.95 bits per heavy atom. The van der Waals surface area contributed by atoms with Crippen LogP contribution in [-0.2, 0) is 27.2 Å². The fraction of sp³-hybridized carbons (Fsp3) is 0.400. The first kappa shape index (κ1) is 27.5. The number of hydrogen-bond acceptors (Lipinski definition) is 9. The van der Waals surface area contributed by atoms with Crippen LogP contribution in [0.15, 0.2) is 44.7 Å². The number of thioether (sulfide) groups is 1. The van der Waals surface area contributed by atoms with Crippen molar-refractivity contribution in [3.8, 4) is 5.69 Å². The number of fused-ring (bicyclic) bond motifs is 1. The monoisotopic (exact) mass is 561 g/mol. The van der Waals surface area contributed by atoms with Gasteiger partial charge in [0.25, 0.3) is 0 Å². The van der Waals surface area contributed by atoms with Gasteiger partial charge in [-0.2, -0.15) is 0 Å². The molecule has 1 atom stereocenters. The van der Waals surface area contributed by atoms with Crippen molar-refractivity contribution in [2.75, 3.05) is 19.0 Å². The van der Waals surface area contributed by atoms with E-state index in [1.54, 1.807) is 44.7 Å². The zero-order valence-electron chi connectivity index (χ0n) is 21.7. The van der Waals surface area contributed by atoms with Crippen LogP contribution in [-0.4, -0.2) is 52.6 Å². The average Bonchev–Trinajstić information content (AvgIpc) is 3.42. The molecule has 202 valence electrons. The molecule has 4 rings (SSSR count). The van der Waals surface area contributed by atoms with Gasteiger partial charge < -0.3 is 19.7 Å². The summed E-state index contributed by atoms with van der Waals surface area (Å²) in [6.45, 7) is 7.66. The molecule has 0 bridgehead atoms. The van der Waals surface area contributed by atoms with Crippen molar-refractivity contribution in [3.05, 3.63) is 56.8 Å². The Balaban J connectivity index is 1.54. The molecule has 3 aromatic rings. The zero-order chi connectivity index (χ0) is 27.6. The third kappa shape index (κ3) is 5.94. The number of nitrogens with zero attached hydrogens (tertiary/aromatic N) is 2. The summed E-state index contributed by atoms with van der Waals surface area (Å²) >= 11 is 2.24. The molecule has 3 heterocycles. The van der Waals surface area contributed by atoms with Gasteiger partial charge in [-0.3, -0.25) is 9.32 Å². The van der Waals surface area contributed by atoms with Crippen LogP contribution < -0.4 is 15.6 Å². The number of hydrogen-bond donors (Lipinski definition) is 2. The number of esters is 1. The molecule has 38 heavy (non-hydrogen) atoms. The van der Waals surface area contributed by atoms with Crippen molar-refractivity contribution in [1.29, 1.82) is 0 Å². The minimum atomic E-state index is -0.716. The van der Waals surface area contributed by atoms with E-state index in [9.17, 15) is 19.2 Å². The first-order valence-corrected chi connectivity index (χ1v) is 13.6. The van der Waals surface area contributed by atoms with Gasteiger partial charge in [0.15, 0.2) is 0 Å². The number of nitrogens with one attached hydrogen (secondary N) is 2. The minimum absolute atomic E-state index is 0.200. The Bertz CT molecular complexity index is 1410. The summed E-state index contributed by atoms with van der Waals surface area (Å²) in [4.78, 5) is 53.1. The quantitative estimate of drug-likeness (QED) is 0.265. The number of rotatable bonds is 6. The second-order valence-electron chi connectivity index (χ2n) is 9.56. The van der Waals surface area contributed by atoms with Crippen LogP contribution in [0, 0.1) is 0 Å². The highest BCUT2D eigenvalue weighted by Crippen LogP contribution is 2.38. The highest BCUT2D eigenvalue weighted by molar-refractivity contribution is 8.00. The van der Waals surface area contributed by atoms with Crippen LogP contribution in [0.1, 0.15) is 48.5 Å². The van der Waals surface area contributed by atoms with Gasteiger partial charge in [0.1, 0.15) is 10.6 Å². The van der Waals surface area contributed by atoms with Gasteiger partial charge in [0.2, 0.25) is 11.6 Å². The lowest BCUT2D eigenvalue weighted by Gasteiger charge is -2.30. The first-order valence-electron chi connectivity index (χ1n) is 11.9. The molecule has 1 aromatic carbocycles. The maximum atomic E-state index is 13.2. The number of thiophene rings is 1. The number of benzene rings is 1. The van der Waals surface area contributed by atoms with E-state index < -0.39 is 34.4 Å². The minimum Gasteiger partial charge on any atom is -0.465 e. The van der Waals surface area contributed by atoms with E-state index in [1.807, 2.05) is 18.2 Å². The molecule has 11 nitrogen and oxygen atoms in total. The van der Waals surface area contributed by atoms with E-state index in [-0.39, 0.29) is 17.1 Å². The number of carbonyl (C=O) groups excluding carboxylic acids is 3.